The van der Waals surface area contributed by atoms with Crippen LogP contribution >= 0.6 is 12.2 Å². The SMILES string of the molecule is CC#Cc1ccc(NC2=CCC(C)(N3C[C@H](CNC(C)=S)OC3=O)C=C2F)c(=O)cc1. The first-order valence-electron chi connectivity index (χ1n) is 9.87. The quantitative estimate of drug-likeness (QED) is 0.539. The van der Waals surface area contributed by atoms with Gasteiger partial charge in [-0.1, -0.05) is 24.2 Å². The summed E-state index contributed by atoms with van der Waals surface area (Å²) >= 11 is 4.99. The molecule has 1 heterocycles. The van der Waals surface area contributed by atoms with E-state index >= 15 is 0 Å². The second-order valence-corrected chi connectivity index (χ2v) is 8.24. The van der Waals surface area contributed by atoms with Gasteiger partial charge < -0.3 is 15.4 Å². The number of carbonyl (C=O) groups is 1. The smallest absolute Gasteiger partial charge is 0.411 e. The Bertz CT molecular complexity index is 1090. The second-order valence-electron chi connectivity index (χ2n) is 7.62. The van der Waals surface area contributed by atoms with Crippen molar-refractivity contribution in [3.05, 3.63) is 63.7 Å². The van der Waals surface area contributed by atoms with Crippen molar-refractivity contribution >= 4 is 29.0 Å². The van der Waals surface area contributed by atoms with Crippen molar-refractivity contribution in [3.63, 3.8) is 0 Å². The molecule has 162 valence electrons. The number of nitrogens with zero attached hydrogens (tertiary/aromatic N) is 1. The maximum atomic E-state index is 15.0. The summed E-state index contributed by atoms with van der Waals surface area (Å²) in [4.78, 5) is 26.8. The Balaban J connectivity index is 1.74. The zero-order chi connectivity index (χ0) is 22.6. The molecule has 1 aromatic carbocycles. The Kier molecular flexibility index (Phi) is 6.76. The third-order valence-corrected chi connectivity index (χ3v) is 5.28. The number of amides is 1. The first kappa shape index (κ1) is 22.5. The minimum absolute atomic E-state index is 0.186. The maximum Gasteiger partial charge on any atom is 0.411 e. The van der Waals surface area contributed by atoms with Gasteiger partial charge in [-0.3, -0.25) is 9.69 Å². The summed E-state index contributed by atoms with van der Waals surface area (Å²) in [6.45, 7) is 5.97. The molecule has 6 nitrogen and oxygen atoms in total. The molecule has 3 rings (SSSR count). The lowest BCUT2D eigenvalue weighted by molar-refractivity contribution is 0.122. The van der Waals surface area contributed by atoms with Gasteiger partial charge in [0.1, 0.15) is 11.9 Å². The fourth-order valence-corrected chi connectivity index (χ4v) is 3.54. The van der Waals surface area contributed by atoms with E-state index in [2.05, 4.69) is 22.5 Å². The lowest BCUT2D eigenvalue weighted by Crippen LogP contribution is -2.47. The van der Waals surface area contributed by atoms with Gasteiger partial charge in [-0.25, -0.2) is 9.18 Å². The van der Waals surface area contributed by atoms with E-state index < -0.39 is 17.5 Å². The van der Waals surface area contributed by atoms with Crippen molar-refractivity contribution < 1.29 is 13.9 Å². The topological polar surface area (TPSA) is 70.7 Å². The summed E-state index contributed by atoms with van der Waals surface area (Å²) in [6, 6.07) is 6.30. The van der Waals surface area contributed by atoms with Crippen molar-refractivity contribution in [1.82, 2.24) is 10.2 Å². The number of anilines is 1. The highest BCUT2D eigenvalue weighted by Gasteiger charge is 2.43. The van der Waals surface area contributed by atoms with E-state index in [0.717, 1.165) is 0 Å². The molecule has 0 bridgehead atoms. The molecule has 8 heteroatoms. The number of thiocarbonyl (C=S) groups is 1. The number of hydrogen-bond acceptors (Lipinski definition) is 5. The summed E-state index contributed by atoms with van der Waals surface area (Å²) in [5.74, 6) is 5.11. The van der Waals surface area contributed by atoms with Crippen LogP contribution in [0.3, 0.4) is 0 Å². The lowest BCUT2D eigenvalue weighted by atomic mass is 9.90. The Labute approximate surface area is 186 Å². The largest absolute Gasteiger partial charge is 0.442 e. The monoisotopic (exact) mass is 441 g/mol. The van der Waals surface area contributed by atoms with E-state index in [0.29, 0.717) is 30.1 Å². The molecule has 2 atom stereocenters. The summed E-state index contributed by atoms with van der Waals surface area (Å²) in [5.41, 5.74) is -0.0390. The molecule has 0 spiro atoms. The third-order valence-electron chi connectivity index (χ3n) is 5.13. The molecule has 1 aliphatic heterocycles. The van der Waals surface area contributed by atoms with Gasteiger partial charge in [0.05, 0.1) is 35.0 Å². The molecule has 1 unspecified atom stereocenters. The highest BCUT2D eigenvalue weighted by atomic mass is 32.1. The number of cyclic esters (lactones) is 1. The number of hydrogen-bond donors (Lipinski definition) is 2. The molecule has 1 aromatic rings. The molecule has 2 aliphatic rings. The average Bonchev–Trinajstić information content (AvgIpc) is 3.01. The van der Waals surface area contributed by atoms with Crippen LogP contribution in [0.25, 0.3) is 0 Å². The van der Waals surface area contributed by atoms with E-state index in [4.69, 9.17) is 17.0 Å². The van der Waals surface area contributed by atoms with Crippen molar-refractivity contribution in [2.75, 3.05) is 18.4 Å². The minimum atomic E-state index is -0.876. The standard InChI is InChI=1S/C23H24FN3O3S/c1-4-5-16-6-8-20(21(28)9-7-16)26-19-10-11-23(3,12-18(19)24)27-14-17(30-22(27)29)13-25-15(2)31/h6-10,12,17H,11,13-14H2,1-3H3,(H,25,31)(H,26,28)/t17-,23?/m0/s1. The Morgan fingerprint density at radius 2 is 2.10 bits per heavy atom. The molecule has 2 N–H and O–H groups in total. The van der Waals surface area contributed by atoms with Crippen molar-refractivity contribution in [1.29, 1.82) is 0 Å². The second kappa shape index (κ2) is 9.31. The van der Waals surface area contributed by atoms with E-state index in [1.54, 1.807) is 45.0 Å². The predicted octanol–water partition coefficient (Wildman–Crippen LogP) is 3.49. The average molecular weight is 442 g/mol. The molecular formula is C23H24FN3O3S. The zero-order valence-corrected chi connectivity index (χ0v) is 18.4. The Morgan fingerprint density at radius 3 is 2.77 bits per heavy atom. The maximum absolute atomic E-state index is 15.0. The van der Waals surface area contributed by atoms with E-state index in [1.807, 2.05) is 0 Å². The van der Waals surface area contributed by atoms with Gasteiger partial charge in [-0.2, -0.15) is 0 Å². The zero-order valence-electron chi connectivity index (χ0n) is 17.6. The van der Waals surface area contributed by atoms with E-state index in [1.165, 1.54) is 17.0 Å². The number of carbonyl (C=O) groups excluding carboxylic acids is 1. The molecule has 0 radical (unpaired) electrons. The van der Waals surface area contributed by atoms with Gasteiger partial charge in [0.15, 0.2) is 0 Å². The fraction of sp³-hybridized carbons (Fsp3) is 0.348. The first-order valence-corrected chi connectivity index (χ1v) is 10.3. The van der Waals surface area contributed by atoms with Crippen molar-refractivity contribution in [2.45, 2.75) is 38.8 Å². The van der Waals surface area contributed by atoms with Gasteiger partial charge in [0.25, 0.3) is 0 Å². The van der Waals surface area contributed by atoms with Crippen LogP contribution in [0.15, 0.2) is 52.7 Å². The number of rotatable bonds is 5. The first-order chi connectivity index (χ1) is 14.7. The number of halogens is 1. The van der Waals surface area contributed by atoms with Crippen LogP contribution in [0.1, 0.15) is 32.8 Å². The minimum Gasteiger partial charge on any atom is -0.442 e. The van der Waals surface area contributed by atoms with Crippen LogP contribution in [0.4, 0.5) is 14.9 Å². The lowest BCUT2D eigenvalue weighted by Gasteiger charge is -2.36. The summed E-state index contributed by atoms with van der Waals surface area (Å²) in [6.07, 6.45) is 2.54. The van der Waals surface area contributed by atoms with E-state index in [9.17, 15) is 14.0 Å². The molecular weight excluding hydrogens is 417 g/mol. The van der Waals surface area contributed by atoms with Gasteiger partial charge in [0, 0.05) is 5.56 Å². The summed E-state index contributed by atoms with van der Waals surface area (Å²) in [5, 5.41) is 5.85. The number of allylic oxidation sites excluding steroid dienone is 1. The van der Waals surface area contributed by atoms with Crippen LogP contribution in [-0.2, 0) is 4.74 Å². The third kappa shape index (κ3) is 5.30. The van der Waals surface area contributed by atoms with Gasteiger partial charge in [-0.15, -0.1) is 5.92 Å². The van der Waals surface area contributed by atoms with Crippen LogP contribution in [0.5, 0.6) is 0 Å². The van der Waals surface area contributed by atoms with Crippen LogP contribution in [0, 0.1) is 11.8 Å². The number of nitrogens with one attached hydrogen (secondary N) is 2. The molecule has 1 amide bonds. The van der Waals surface area contributed by atoms with E-state index in [-0.39, 0.29) is 22.9 Å². The highest BCUT2D eigenvalue weighted by Crippen LogP contribution is 2.34. The van der Waals surface area contributed by atoms with Crippen LogP contribution < -0.4 is 16.1 Å². The van der Waals surface area contributed by atoms with Gasteiger partial charge >= 0.3 is 6.09 Å². The normalized spacial score (nSPS) is 22.5. The molecule has 31 heavy (non-hydrogen) atoms. The molecule has 1 fully saturated rings. The summed E-state index contributed by atoms with van der Waals surface area (Å²) < 4.78 is 20.4. The number of ether oxygens (including phenoxy) is 1. The molecule has 1 aliphatic carbocycles. The predicted molar refractivity (Wildman–Crippen MR) is 122 cm³/mol. The molecule has 0 saturated carbocycles. The van der Waals surface area contributed by atoms with Crippen LogP contribution in [-0.4, -0.2) is 40.7 Å². The summed E-state index contributed by atoms with van der Waals surface area (Å²) in [7, 11) is 0. The molecule has 0 aromatic heterocycles. The molecule has 1 saturated heterocycles. The van der Waals surface area contributed by atoms with Gasteiger partial charge in [-0.05, 0) is 57.5 Å². The van der Waals surface area contributed by atoms with Crippen molar-refractivity contribution in [3.8, 4) is 11.8 Å². The van der Waals surface area contributed by atoms with Crippen molar-refractivity contribution in [2.24, 2.45) is 0 Å². The Hall–Kier alpha value is -3.18. The fourth-order valence-electron chi connectivity index (χ4n) is 3.46. The highest BCUT2D eigenvalue weighted by molar-refractivity contribution is 7.80. The Morgan fingerprint density at radius 1 is 1.35 bits per heavy atom. The van der Waals surface area contributed by atoms with Gasteiger partial charge in [0.2, 0.25) is 5.43 Å². The van der Waals surface area contributed by atoms with Crippen LogP contribution in [0.2, 0.25) is 0 Å².